The second-order valence-corrected chi connectivity index (χ2v) is 27.0. The molecule has 0 unspecified atom stereocenters. The average molecular weight is 1120 g/mol. The van der Waals surface area contributed by atoms with Gasteiger partial charge in [0.15, 0.2) is 0 Å². The van der Waals surface area contributed by atoms with Gasteiger partial charge in [-0.15, -0.1) is 0 Å². The summed E-state index contributed by atoms with van der Waals surface area (Å²) in [6, 6.07) is 76.2. The SMILES string of the molecule is O=S(=O)(c1ccccc1)c1cccc(S(=O)(=O)c2ccc(-c3c4c5ccccc5n(-c5ccccc5)c4c(-c4ccc(S(=O)(=O)c5cccc(S(=O)(=O)c6ccccc6)c5)cc4)c4c5ccccc5n(-c5ccccc5)c34)cc2)c1. The summed E-state index contributed by atoms with van der Waals surface area (Å²) in [4.78, 5) is -0.604. The van der Waals surface area contributed by atoms with Crippen LogP contribution in [0.5, 0.6) is 0 Å². The van der Waals surface area contributed by atoms with Crippen molar-refractivity contribution >= 4 is 83.0 Å². The molecule has 2 heterocycles. The van der Waals surface area contributed by atoms with Crippen molar-refractivity contribution in [3.05, 3.63) is 267 Å². The maximum atomic E-state index is 14.6. The van der Waals surface area contributed by atoms with Crippen molar-refractivity contribution in [3.63, 3.8) is 0 Å². The van der Waals surface area contributed by atoms with Gasteiger partial charge < -0.3 is 9.13 Å². The van der Waals surface area contributed by atoms with Crippen molar-refractivity contribution in [2.24, 2.45) is 0 Å². The lowest BCUT2D eigenvalue weighted by Crippen LogP contribution is -2.06. The molecule has 390 valence electrons. The standard InChI is InChI=1S/C66H44N2O8S4/c69-77(70,49-23-9-3-10-24-49)53-27-17-29-55(43-53)79(73,74)51-39-35-45(36-40-51)61-64-58-32-14-16-34-60(58)68(48-21-7-2-8-22-48)66(64)62(63-57-31-13-15-33-59(57)67(65(61)63)47-19-5-1-6-20-47)46-37-41-52(42-38-46)80(75,76)56-30-18-28-54(44-56)78(71,72)50-25-11-4-12-26-50/h1-44H. The second-order valence-electron chi connectivity index (χ2n) is 19.2. The van der Waals surface area contributed by atoms with E-state index in [1.165, 1.54) is 72.8 Å². The fourth-order valence-electron chi connectivity index (χ4n) is 10.9. The summed E-state index contributed by atoms with van der Waals surface area (Å²) in [6.07, 6.45) is 0. The molecule has 0 saturated heterocycles. The first-order valence-corrected chi connectivity index (χ1v) is 31.3. The molecule has 0 N–H and O–H groups in total. The van der Waals surface area contributed by atoms with E-state index in [4.69, 9.17) is 0 Å². The van der Waals surface area contributed by atoms with Gasteiger partial charge in [0.05, 0.1) is 61.2 Å². The molecule has 10 nitrogen and oxygen atoms in total. The van der Waals surface area contributed by atoms with E-state index in [1.54, 1.807) is 84.9 Å². The molecule has 0 bridgehead atoms. The monoisotopic (exact) mass is 1120 g/mol. The predicted molar refractivity (Wildman–Crippen MR) is 314 cm³/mol. The van der Waals surface area contributed by atoms with Crippen LogP contribution in [0.15, 0.2) is 306 Å². The Morgan fingerprint density at radius 3 is 0.825 bits per heavy atom. The maximum absolute atomic E-state index is 14.6. The number of hydrogen-bond acceptors (Lipinski definition) is 8. The van der Waals surface area contributed by atoms with Crippen molar-refractivity contribution in [2.45, 2.75) is 39.2 Å². The van der Waals surface area contributed by atoms with E-state index in [9.17, 15) is 33.7 Å². The van der Waals surface area contributed by atoms with Crippen molar-refractivity contribution < 1.29 is 33.7 Å². The van der Waals surface area contributed by atoms with Crippen molar-refractivity contribution in [2.75, 3.05) is 0 Å². The molecule has 0 fully saturated rings. The molecule has 0 atom stereocenters. The zero-order valence-corrected chi connectivity index (χ0v) is 45.5. The van der Waals surface area contributed by atoms with Crippen LogP contribution in [0.25, 0.3) is 77.2 Å². The molecular weight excluding hydrogens is 1080 g/mol. The first-order chi connectivity index (χ1) is 38.7. The van der Waals surface area contributed by atoms with Crippen molar-refractivity contribution in [3.8, 4) is 33.6 Å². The van der Waals surface area contributed by atoms with Crippen LogP contribution in [-0.4, -0.2) is 42.8 Å². The summed E-state index contributed by atoms with van der Waals surface area (Å²) in [6.45, 7) is 0. The third-order valence-corrected chi connectivity index (χ3v) is 21.7. The molecule has 0 radical (unpaired) electrons. The summed E-state index contributed by atoms with van der Waals surface area (Å²) in [5.41, 5.74) is 8.08. The molecule has 0 amide bonds. The predicted octanol–water partition coefficient (Wildman–Crippen LogP) is 14.5. The Morgan fingerprint density at radius 1 is 0.237 bits per heavy atom. The van der Waals surface area contributed by atoms with Gasteiger partial charge in [-0.3, -0.25) is 0 Å². The van der Waals surface area contributed by atoms with E-state index < -0.39 is 39.3 Å². The van der Waals surface area contributed by atoms with E-state index in [0.29, 0.717) is 11.1 Å². The lowest BCUT2D eigenvalue weighted by atomic mass is 9.90. The van der Waals surface area contributed by atoms with E-state index in [0.717, 1.165) is 66.1 Å². The number of sulfone groups is 4. The van der Waals surface area contributed by atoms with Gasteiger partial charge in [-0.05, 0) is 132 Å². The van der Waals surface area contributed by atoms with Crippen LogP contribution >= 0.6 is 0 Å². The zero-order valence-electron chi connectivity index (χ0n) is 42.2. The molecule has 0 aliphatic heterocycles. The highest BCUT2D eigenvalue weighted by Crippen LogP contribution is 2.52. The first kappa shape index (κ1) is 50.3. The van der Waals surface area contributed by atoms with Crippen LogP contribution in [0, 0.1) is 0 Å². The van der Waals surface area contributed by atoms with Gasteiger partial charge in [0.1, 0.15) is 0 Å². The van der Waals surface area contributed by atoms with Crippen LogP contribution in [0.3, 0.4) is 0 Å². The minimum atomic E-state index is -4.26. The number of benzene rings is 11. The van der Waals surface area contributed by atoms with E-state index in [-0.39, 0.29) is 39.2 Å². The number of hydrogen-bond donors (Lipinski definition) is 0. The van der Waals surface area contributed by atoms with Gasteiger partial charge in [-0.25, -0.2) is 33.7 Å². The number of nitrogens with zero attached hydrogens (tertiary/aromatic N) is 2. The topological polar surface area (TPSA) is 146 Å². The molecule has 0 saturated carbocycles. The molecule has 0 aliphatic carbocycles. The number of fused-ring (bicyclic) bond motifs is 6. The van der Waals surface area contributed by atoms with Gasteiger partial charge in [0.2, 0.25) is 39.3 Å². The highest BCUT2D eigenvalue weighted by atomic mass is 32.2. The van der Waals surface area contributed by atoms with Crippen LogP contribution < -0.4 is 0 Å². The number of para-hydroxylation sites is 4. The van der Waals surface area contributed by atoms with Crippen molar-refractivity contribution in [1.82, 2.24) is 9.13 Å². The molecule has 14 heteroatoms. The number of rotatable bonds is 12. The van der Waals surface area contributed by atoms with E-state index in [2.05, 4.69) is 33.4 Å². The van der Waals surface area contributed by atoms with E-state index in [1.807, 2.05) is 84.9 Å². The third kappa shape index (κ3) is 8.17. The summed E-state index contributed by atoms with van der Waals surface area (Å²) >= 11 is 0. The molecule has 0 aliphatic rings. The summed E-state index contributed by atoms with van der Waals surface area (Å²) in [5.74, 6) is 0. The summed E-state index contributed by atoms with van der Waals surface area (Å²) in [7, 11) is -16.6. The summed E-state index contributed by atoms with van der Waals surface area (Å²) in [5, 5.41) is 3.48. The minimum Gasteiger partial charge on any atom is -0.309 e. The molecule has 11 aromatic carbocycles. The lowest BCUT2D eigenvalue weighted by Gasteiger charge is -2.19. The van der Waals surface area contributed by atoms with Crippen LogP contribution in [-0.2, 0) is 39.3 Å². The Bertz CT molecular complexity index is 4750. The maximum Gasteiger partial charge on any atom is 0.206 e. The van der Waals surface area contributed by atoms with Crippen LogP contribution in [0.1, 0.15) is 0 Å². The fourth-order valence-corrected chi connectivity index (χ4v) is 16.3. The first-order valence-electron chi connectivity index (χ1n) is 25.4. The largest absolute Gasteiger partial charge is 0.309 e. The molecule has 13 aromatic rings. The van der Waals surface area contributed by atoms with Gasteiger partial charge >= 0.3 is 0 Å². The Morgan fingerprint density at radius 2 is 0.500 bits per heavy atom. The molecule has 80 heavy (non-hydrogen) atoms. The van der Waals surface area contributed by atoms with Gasteiger partial charge in [-0.2, -0.15) is 0 Å². The zero-order chi connectivity index (χ0) is 55.0. The third-order valence-electron chi connectivity index (χ3n) is 14.6. The highest BCUT2D eigenvalue weighted by molar-refractivity contribution is 7.93. The molecule has 13 rings (SSSR count). The van der Waals surface area contributed by atoms with E-state index >= 15 is 0 Å². The van der Waals surface area contributed by atoms with Crippen LogP contribution in [0.2, 0.25) is 0 Å². The van der Waals surface area contributed by atoms with Gasteiger partial charge in [0.25, 0.3) is 0 Å². The summed E-state index contributed by atoms with van der Waals surface area (Å²) < 4.78 is 118. The van der Waals surface area contributed by atoms with Gasteiger partial charge in [-0.1, -0.05) is 146 Å². The molecule has 2 aromatic heterocycles. The van der Waals surface area contributed by atoms with Crippen LogP contribution in [0.4, 0.5) is 0 Å². The lowest BCUT2D eigenvalue weighted by molar-refractivity contribution is 0.590. The molecular formula is C66H44N2O8S4. The Balaban J connectivity index is 1.06. The Kier molecular flexibility index (Phi) is 12.2. The minimum absolute atomic E-state index is 0.0329. The second kappa shape index (κ2) is 19.3. The van der Waals surface area contributed by atoms with Crippen molar-refractivity contribution in [1.29, 1.82) is 0 Å². The molecule has 0 spiro atoms. The fraction of sp³-hybridized carbons (Fsp3) is 0. The smallest absolute Gasteiger partial charge is 0.206 e. The van der Waals surface area contributed by atoms with Gasteiger partial charge in [0, 0.05) is 44.0 Å². The normalized spacial score (nSPS) is 12.4. The average Bonchev–Trinajstić information content (AvgIpc) is 4.20. The Labute approximate surface area is 462 Å². The quantitative estimate of drug-likeness (QED) is 0.117. The number of aromatic nitrogens is 2. The Hall–Kier alpha value is -9.18. The highest BCUT2D eigenvalue weighted by Gasteiger charge is 2.31.